The summed E-state index contributed by atoms with van der Waals surface area (Å²) in [7, 11) is 1.60. The number of benzene rings is 1. The van der Waals surface area contributed by atoms with Crippen LogP contribution in [-0.4, -0.2) is 35.4 Å². The first-order valence-corrected chi connectivity index (χ1v) is 7.90. The van der Waals surface area contributed by atoms with Crippen LogP contribution in [0.25, 0.3) is 6.08 Å². The lowest BCUT2D eigenvalue weighted by molar-refractivity contribution is -0.121. The first-order chi connectivity index (χ1) is 10.1. The minimum Gasteiger partial charge on any atom is -0.493 e. The quantitative estimate of drug-likeness (QED) is 0.614. The van der Waals surface area contributed by atoms with E-state index in [1.807, 2.05) is 38.1 Å². The van der Waals surface area contributed by atoms with Gasteiger partial charge in [0.2, 0.25) is 0 Å². The van der Waals surface area contributed by atoms with Gasteiger partial charge in [-0.15, -0.1) is 0 Å². The lowest BCUT2D eigenvalue weighted by atomic mass is 10.1. The van der Waals surface area contributed by atoms with Gasteiger partial charge in [0, 0.05) is 12.1 Å². The van der Waals surface area contributed by atoms with Crippen LogP contribution in [0, 0.1) is 0 Å². The molecule has 0 bridgehead atoms. The molecule has 0 unspecified atom stereocenters. The van der Waals surface area contributed by atoms with Crippen molar-refractivity contribution in [3.05, 3.63) is 28.7 Å². The van der Waals surface area contributed by atoms with E-state index in [0.29, 0.717) is 33.9 Å². The maximum Gasteiger partial charge on any atom is 0.266 e. The molecule has 0 atom stereocenters. The Bertz CT molecular complexity index is 599. The number of carbonyl (C=O) groups is 1. The first-order valence-electron chi connectivity index (χ1n) is 6.67. The molecule has 1 fully saturated rings. The van der Waals surface area contributed by atoms with Gasteiger partial charge in [-0.2, -0.15) is 0 Å². The number of carbonyl (C=O) groups excluding carboxylic acids is 1. The molecule has 1 aromatic carbocycles. The summed E-state index contributed by atoms with van der Waals surface area (Å²) in [5, 5.41) is 0. The number of thiocarbonyl (C=S) groups is 1. The predicted octanol–water partition coefficient (Wildman–Crippen LogP) is 3.32. The van der Waals surface area contributed by atoms with Gasteiger partial charge >= 0.3 is 0 Å². The van der Waals surface area contributed by atoms with Crippen molar-refractivity contribution in [1.29, 1.82) is 0 Å². The van der Waals surface area contributed by atoms with Gasteiger partial charge in [-0.25, -0.2) is 0 Å². The van der Waals surface area contributed by atoms with Gasteiger partial charge in [0.15, 0.2) is 11.5 Å². The highest BCUT2D eigenvalue weighted by Gasteiger charge is 2.30. The van der Waals surface area contributed by atoms with Crippen LogP contribution >= 0.6 is 24.0 Å². The lowest BCUT2D eigenvalue weighted by Gasteiger charge is -2.12. The van der Waals surface area contributed by atoms with Crippen molar-refractivity contribution >= 4 is 40.3 Å². The molecule has 0 radical (unpaired) electrons. The second kappa shape index (κ2) is 6.95. The van der Waals surface area contributed by atoms with E-state index in [1.165, 1.54) is 11.8 Å². The monoisotopic (exact) mass is 323 g/mol. The Morgan fingerprint density at radius 1 is 1.38 bits per heavy atom. The summed E-state index contributed by atoms with van der Waals surface area (Å²) in [6, 6.07) is 5.60. The number of hydrogen-bond donors (Lipinski definition) is 0. The van der Waals surface area contributed by atoms with E-state index in [0.717, 1.165) is 5.56 Å². The number of rotatable bonds is 5. The fourth-order valence-electron chi connectivity index (χ4n) is 2.02. The van der Waals surface area contributed by atoms with Gasteiger partial charge < -0.3 is 9.47 Å². The van der Waals surface area contributed by atoms with E-state index in [1.54, 1.807) is 12.0 Å². The SMILES string of the molecule is CCOc1c(/C=C2\SC(=S)N(CC)C2=O)cccc1OC. The van der Waals surface area contributed by atoms with Gasteiger partial charge in [-0.1, -0.05) is 36.1 Å². The maximum absolute atomic E-state index is 12.3. The van der Waals surface area contributed by atoms with Crippen LogP contribution in [-0.2, 0) is 4.79 Å². The summed E-state index contributed by atoms with van der Waals surface area (Å²) in [5.74, 6) is 1.23. The van der Waals surface area contributed by atoms with Gasteiger partial charge in [0.05, 0.1) is 18.6 Å². The number of ether oxygens (including phenoxy) is 2. The van der Waals surface area contributed by atoms with Crippen LogP contribution in [0.15, 0.2) is 23.1 Å². The topological polar surface area (TPSA) is 38.8 Å². The summed E-state index contributed by atoms with van der Waals surface area (Å²) in [5.41, 5.74) is 0.813. The van der Waals surface area contributed by atoms with Crippen molar-refractivity contribution in [2.24, 2.45) is 0 Å². The molecule has 112 valence electrons. The molecule has 1 aromatic rings. The smallest absolute Gasteiger partial charge is 0.266 e. The molecule has 21 heavy (non-hydrogen) atoms. The number of para-hydroxylation sites is 1. The number of hydrogen-bond acceptors (Lipinski definition) is 5. The number of nitrogens with zero attached hydrogens (tertiary/aromatic N) is 1. The molecular weight excluding hydrogens is 306 g/mol. The van der Waals surface area contributed by atoms with E-state index >= 15 is 0 Å². The van der Waals surface area contributed by atoms with E-state index in [4.69, 9.17) is 21.7 Å². The maximum atomic E-state index is 12.3. The van der Waals surface area contributed by atoms with Crippen molar-refractivity contribution in [2.75, 3.05) is 20.3 Å². The number of methoxy groups -OCH3 is 1. The fourth-order valence-corrected chi connectivity index (χ4v) is 3.39. The molecule has 1 heterocycles. The normalized spacial score (nSPS) is 16.7. The molecule has 1 saturated heterocycles. The first kappa shape index (κ1) is 15.9. The van der Waals surface area contributed by atoms with Crippen molar-refractivity contribution in [3.63, 3.8) is 0 Å². The summed E-state index contributed by atoms with van der Waals surface area (Å²) >= 11 is 6.53. The molecule has 0 N–H and O–H groups in total. The van der Waals surface area contributed by atoms with E-state index in [2.05, 4.69) is 0 Å². The van der Waals surface area contributed by atoms with Crippen LogP contribution < -0.4 is 9.47 Å². The lowest BCUT2D eigenvalue weighted by Crippen LogP contribution is -2.27. The third kappa shape index (κ3) is 3.22. The number of thioether (sulfide) groups is 1. The predicted molar refractivity (Wildman–Crippen MR) is 89.7 cm³/mol. The zero-order chi connectivity index (χ0) is 15.4. The molecule has 1 aliphatic heterocycles. The molecule has 0 saturated carbocycles. The van der Waals surface area contributed by atoms with Crippen molar-refractivity contribution < 1.29 is 14.3 Å². The molecule has 0 spiro atoms. The standard InChI is InChI=1S/C15H17NO3S2/c1-4-16-14(17)12(21-15(16)20)9-10-7-6-8-11(18-3)13(10)19-5-2/h6-9H,4-5H2,1-3H3/b12-9-. The van der Waals surface area contributed by atoms with E-state index in [-0.39, 0.29) is 5.91 Å². The average molecular weight is 323 g/mol. The van der Waals surface area contributed by atoms with Crippen LogP contribution in [0.1, 0.15) is 19.4 Å². The van der Waals surface area contributed by atoms with Crippen LogP contribution in [0.5, 0.6) is 11.5 Å². The summed E-state index contributed by atoms with van der Waals surface area (Å²) in [6.45, 7) is 4.92. The minimum absolute atomic E-state index is 0.0576. The highest BCUT2D eigenvalue weighted by Crippen LogP contribution is 2.37. The van der Waals surface area contributed by atoms with Gasteiger partial charge in [-0.05, 0) is 26.0 Å². The number of likely N-dealkylation sites (N-methyl/N-ethyl adjacent to an activating group) is 1. The molecule has 6 heteroatoms. The largest absolute Gasteiger partial charge is 0.493 e. The Labute approximate surface area is 134 Å². The molecule has 0 aliphatic carbocycles. The fraction of sp³-hybridized carbons (Fsp3) is 0.333. The summed E-state index contributed by atoms with van der Waals surface area (Å²) in [4.78, 5) is 14.4. The minimum atomic E-state index is -0.0576. The Hall–Kier alpha value is -1.53. The van der Waals surface area contributed by atoms with Gasteiger partial charge in [-0.3, -0.25) is 9.69 Å². The third-order valence-corrected chi connectivity index (χ3v) is 4.37. The van der Waals surface area contributed by atoms with Gasteiger partial charge in [0.1, 0.15) is 4.32 Å². The molecule has 4 nitrogen and oxygen atoms in total. The van der Waals surface area contributed by atoms with E-state index in [9.17, 15) is 4.79 Å². The second-order valence-electron chi connectivity index (χ2n) is 4.24. The molecule has 1 amide bonds. The van der Waals surface area contributed by atoms with Crippen molar-refractivity contribution in [1.82, 2.24) is 4.90 Å². The van der Waals surface area contributed by atoms with Crippen LogP contribution in [0.2, 0.25) is 0 Å². The average Bonchev–Trinajstić information content (AvgIpc) is 2.75. The highest BCUT2D eigenvalue weighted by molar-refractivity contribution is 8.26. The van der Waals surface area contributed by atoms with Crippen molar-refractivity contribution in [2.45, 2.75) is 13.8 Å². The molecular formula is C15H17NO3S2. The third-order valence-electron chi connectivity index (χ3n) is 2.99. The second-order valence-corrected chi connectivity index (χ2v) is 5.91. The zero-order valence-corrected chi connectivity index (χ0v) is 13.8. The Balaban J connectivity index is 2.41. The molecule has 1 aliphatic rings. The number of amides is 1. The summed E-state index contributed by atoms with van der Waals surface area (Å²) < 4.78 is 11.6. The van der Waals surface area contributed by atoms with Gasteiger partial charge in [0.25, 0.3) is 5.91 Å². The Kier molecular flexibility index (Phi) is 5.25. The summed E-state index contributed by atoms with van der Waals surface area (Å²) in [6.07, 6.45) is 1.81. The van der Waals surface area contributed by atoms with Crippen molar-refractivity contribution in [3.8, 4) is 11.5 Å². The Morgan fingerprint density at radius 2 is 2.14 bits per heavy atom. The zero-order valence-electron chi connectivity index (χ0n) is 12.2. The van der Waals surface area contributed by atoms with E-state index < -0.39 is 0 Å². The van der Waals surface area contributed by atoms with Crippen LogP contribution in [0.3, 0.4) is 0 Å². The Morgan fingerprint density at radius 3 is 2.71 bits per heavy atom. The molecule has 0 aromatic heterocycles. The van der Waals surface area contributed by atoms with Crippen LogP contribution in [0.4, 0.5) is 0 Å². The highest BCUT2D eigenvalue weighted by atomic mass is 32.2. The molecule has 2 rings (SSSR count).